The SMILES string of the molecule is COCc1csc(C(=O)c2cncnc2N[C@@H]2C[C@H](O)[C@H](SC)C2)c1. The van der Waals surface area contributed by atoms with E-state index in [1.807, 2.05) is 17.7 Å². The Morgan fingerprint density at radius 1 is 1.52 bits per heavy atom. The Morgan fingerprint density at radius 3 is 3.08 bits per heavy atom. The molecule has 6 nitrogen and oxygen atoms in total. The zero-order valence-corrected chi connectivity index (χ0v) is 15.8. The Hall–Kier alpha value is -1.48. The molecule has 0 radical (unpaired) electrons. The normalized spacial score (nSPS) is 22.9. The first-order valence-electron chi connectivity index (χ1n) is 8.00. The van der Waals surface area contributed by atoms with Crippen molar-refractivity contribution in [2.45, 2.75) is 36.8 Å². The maximum Gasteiger partial charge on any atom is 0.208 e. The van der Waals surface area contributed by atoms with Gasteiger partial charge in [0.2, 0.25) is 5.78 Å². The quantitative estimate of drug-likeness (QED) is 0.715. The van der Waals surface area contributed by atoms with Crippen LogP contribution < -0.4 is 5.32 Å². The molecule has 0 bridgehead atoms. The van der Waals surface area contributed by atoms with Gasteiger partial charge in [0.25, 0.3) is 0 Å². The first-order valence-corrected chi connectivity index (χ1v) is 10.2. The Morgan fingerprint density at radius 2 is 2.36 bits per heavy atom. The van der Waals surface area contributed by atoms with Gasteiger partial charge in [-0.15, -0.1) is 11.3 Å². The molecule has 0 unspecified atom stereocenters. The number of thioether (sulfide) groups is 1. The second-order valence-corrected chi connectivity index (χ2v) is 8.01. The molecule has 25 heavy (non-hydrogen) atoms. The molecule has 1 fully saturated rings. The van der Waals surface area contributed by atoms with Gasteiger partial charge in [0.1, 0.15) is 12.1 Å². The molecule has 2 heterocycles. The molecule has 2 N–H and O–H groups in total. The van der Waals surface area contributed by atoms with Crippen LogP contribution in [0.15, 0.2) is 24.0 Å². The highest BCUT2D eigenvalue weighted by Gasteiger charge is 2.33. The number of aliphatic hydroxyl groups is 1. The first kappa shape index (κ1) is 18.3. The summed E-state index contributed by atoms with van der Waals surface area (Å²) in [5.41, 5.74) is 1.43. The standard InChI is InChI=1S/C17H21N3O3S2/c1-23-7-10-3-15(25-8-10)16(22)12-6-18-9-19-17(12)20-11-4-13(21)14(5-11)24-2/h3,6,8-9,11,13-14,21H,4-5,7H2,1-2H3,(H,18,19,20)/t11-,13+,14-/m1/s1. The highest BCUT2D eigenvalue weighted by molar-refractivity contribution is 7.99. The van der Waals surface area contributed by atoms with Crippen molar-refractivity contribution in [2.24, 2.45) is 0 Å². The van der Waals surface area contributed by atoms with Crippen molar-refractivity contribution in [3.05, 3.63) is 40.0 Å². The number of carbonyl (C=O) groups excluding carboxylic acids is 1. The highest BCUT2D eigenvalue weighted by Crippen LogP contribution is 2.31. The van der Waals surface area contributed by atoms with Gasteiger partial charge < -0.3 is 15.2 Å². The summed E-state index contributed by atoms with van der Waals surface area (Å²) in [7, 11) is 1.63. The van der Waals surface area contributed by atoms with Gasteiger partial charge in [0.05, 0.1) is 23.2 Å². The number of hydrogen-bond acceptors (Lipinski definition) is 8. The summed E-state index contributed by atoms with van der Waals surface area (Å²) >= 11 is 3.06. The molecule has 0 spiro atoms. The largest absolute Gasteiger partial charge is 0.392 e. The van der Waals surface area contributed by atoms with Gasteiger partial charge in [-0.25, -0.2) is 9.97 Å². The van der Waals surface area contributed by atoms with E-state index in [1.165, 1.54) is 17.7 Å². The predicted molar refractivity (Wildman–Crippen MR) is 100 cm³/mol. The molecule has 0 aromatic carbocycles. The van der Waals surface area contributed by atoms with E-state index in [0.717, 1.165) is 12.0 Å². The average Bonchev–Trinajstić information content (AvgIpc) is 3.21. The van der Waals surface area contributed by atoms with E-state index < -0.39 is 0 Å². The number of hydrogen-bond donors (Lipinski definition) is 2. The van der Waals surface area contributed by atoms with E-state index in [1.54, 1.807) is 25.1 Å². The lowest BCUT2D eigenvalue weighted by Crippen LogP contribution is -2.20. The number of ether oxygens (including phenoxy) is 1. The zero-order chi connectivity index (χ0) is 17.8. The summed E-state index contributed by atoms with van der Waals surface area (Å²) in [5.74, 6) is 0.427. The number of thiophene rings is 1. The molecular weight excluding hydrogens is 358 g/mol. The molecular formula is C17H21N3O3S2. The number of carbonyl (C=O) groups is 1. The first-order chi connectivity index (χ1) is 12.1. The van der Waals surface area contributed by atoms with Crippen molar-refractivity contribution in [3.8, 4) is 0 Å². The lowest BCUT2D eigenvalue weighted by Gasteiger charge is -2.15. The van der Waals surface area contributed by atoms with Crippen molar-refractivity contribution in [1.82, 2.24) is 9.97 Å². The third-order valence-electron chi connectivity index (χ3n) is 4.26. The van der Waals surface area contributed by atoms with Gasteiger partial charge in [-0.05, 0) is 36.1 Å². The van der Waals surface area contributed by atoms with Crippen molar-refractivity contribution in [1.29, 1.82) is 0 Å². The number of nitrogens with zero attached hydrogens (tertiary/aromatic N) is 2. The fourth-order valence-corrected chi connectivity index (χ4v) is 4.72. The van der Waals surface area contributed by atoms with Crippen LogP contribution >= 0.6 is 23.1 Å². The van der Waals surface area contributed by atoms with Gasteiger partial charge in [0, 0.05) is 24.6 Å². The molecule has 8 heteroatoms. The van der Waals surface area contributed by atoms with Gasteiger partial charge in [-0.3, -0.25) is 4.79 Å². The summed E-state index contributed by atoms with van der Waals surface area (Å²) in [5, 5.41) is 15.5. The maximum atomic E-state index is 12.8. The summed E-state index contributed by atoms with van der Waals surface area (Å²) in [6.45, 7) is 0.482. The molecule has 1 aliphatic carbocycles. The molecule has 1 saturated carbocycles. The Kier molecular flexibility index (Phi) is 6.06. The minimum absolute atomic E-state index is 0.0984. The summed E-state index contributed by atoms with van der Waals surface area (Å²) < 4.78 is 5.10. The predicted octanol–water partition coefficient (Wildman–Crippen LogP) is 2.58. The van der Waals surface area contributed by atoms with Crippen molar-refractivity contribution < 1.29 is 14.6 Å². The fourth-order valence-electron chi connectivity index (χ4n) is 3.02. The lowest BCUT2D eigenvalue weighted by molar-refractivity contribution is 0.104. The molecule has 2 aromatic rings. The minimum atomic E-state index is -0.331. The topological polar surface area (TPSA) is 84.3 Å². The van der Waals surface area contributed by atoms with Crippen LogP contribution in [0, 0.1) is 0 Å². The molecule has 134 valence electrons. The third-order valence-corrected chi connectivity index (χ3v) is 6.35. The van der Waals surface area contributed by atoms with Crippen LogP contribution in [0.1, 0.15) is 33.6 Å². The highest BCUT2D eigenvalue weighted by atomic mass is 32.2. The average molecular weight is 380 g/mol. The van der Waals surface area contributed by atoms with Crippen molar-refractivity contribution in [3.63, 3.8) is 0 Å². The second kappa shape index (κ2) is 8.27. The maximum absolute atomic E-state index is 12.8. The Balaban J connectivity index is 1.77. The number of nitrogens with one attached hydrogen (secondary N) is 1. The Labute approximate surface area is 155 Å². The summed E-state index contributed by atoms with van der Waals surface area (Å²) in [6.07, 6.45) is 6.15. The van der Waals surface area contributed by atoms with Gasteiger partial charge in [-0.1, -0.05) is 0 Å². The Bertz CT molecular complexity index is 737. The van der Waals surface area contributed by atoms with Gasteiger partial charge >= 0.3 is 0 Å². The van der Waals surface area contributed by atoms with Gasteiger partial charge in [0.15, 0.2) is 0 Å². The molecule has 3 atom stereocenters. The molecule has 2 aromatic heterocycles. The number of aromatic nitrogens is 2. The van der Waals surface area contributed by atoms with E-state index >= 15 is 0 Å². The van der Waals surface area contributed by atoms with Crippen molar-refractivity contribution >= 4 is 34.7 Å². The smallest absolute Gasteiger partial charge is 0.208 e. The number of anilines is 1. The van der Waals surface area contributed by atoms with Crippen molar-refractivity contribution in [2.75, 3.05) is 18.7 Å². The van der Waals surface area contributed by atoms with Crippen LogP contribution in [-0.4, -0.2) is 51.6 Å². The van der Waals surface area contributed by atoms with Crippen LogP contribution in [-0.2, 0) is 11.3 Å². The molecule has 1 aliphatic rings. The number of methoxy groups -OCH3 is 1. The molecule has 3 rings (SSSR count). The number of rotatable bonds is 7. The van der Waals surface area contributed by atoms with Gasteiger partial charge in [-0.2, -0.15) is 11.8 Å². The molecule has 0 amide bonds. The minimum Gasteiger partial charge on any atom is -0.392 e. The monoisotopic (exact) mass is 379 g/mol. The summed E-state index contributed by atoms with van der Waals surface area (Å²) in [6, 6.07) is 1.94. The van der Waals surface area contributed by atoms with Crippen LogP contribution in [0.2, 0.25) is 0 Å². The second-order valence-electron chi connectivity index (χ2n) is 6.02. The van der Waals surface area contributed by atoms with E-state index in [-0.39, 0.29) is 23.2 Å². The van der Waals surface area contributed by atoms with Crippen LogP contribution in [0.3, 0.4) is 0 Å². The van der Waals surface area contributed by atoms with Crippen LogP contribution in [0.5, 0.6) is 0 Å². The molecule has 0 aliphatic heterocycles. The third kappa shape index (κ3) is 4.20. The summed E-state index contributed by atoms with van der Waals surface area (Å²) in [4.78, 5) is 21.7. The van der Waals surface area contributed by atoms with E-state index in [9.17, 15) is 9.90 Å². The fraction of sp³-hybridized carbons (Fsp3) is 0.471. The van der Waals surface area contributed by atoms with Crippen LogP contribution in [0.4, 0.5) is 5.82 Å². The lowest BCUT2D eigenvalue weighted by atomic mass is 10.1. The van der Waals surface area contributed by atoms with E-state index in [4.69, 9.17) is 4.74 Å². The zero-order valence-electron chi connectivity index (χ0n) is 14.1. The number of ketones is 1. The molecule has 0 saturated heterocycles. The van der Waals surface area contributed by atoms with E-state index in [2.05, 4.69) is 15.3 Å². The number of aliphatic hydroxyl groups excluding tert-OH is 1. The van der Waals surface area contributed by atoms with Crippen LogP contribution in [0.25, 0.3) is 0 Å². The van der Waals surface area contributed by atoms with E-state index in [0.29, 0.717) is 29.3 Å².